The standard InChI is InChI=1S/C28H28F6N2O4S/c29-27(30,31)24-17(5-7-23(37)36-12-8-18(9-13-36)26(38)39)4-6-22(25(24)28(32,33)34)41-21-3-1-2-20(16-21)35-19-10-14-40-15-11-19/h1-7,16,18-19,35H,8-15H2,(H,38,39)/b7-5+. The van der Waals surface area contributed by atoms with E-state index in [0.29, 0.717) is 35.6 Å². The van der Waals surface area contributed by atoms with Gasteiger partial charge >= 0.3 is 18.3 Å². The Morgan fingerprint density at radius 3 is 2.22 bits per heavy atom. The van der Waals surface area contributed by atoms with Gasteiger partial charge in [-0.1, -0.05) is 23.9 Å². The Labute approximate surface area is 236 Å². The van der Waals surface area contributed by atoms with Crippen molar-refractivity contribution in [1.29, 1.82) is 0 Å². The van der Waals surface area contributed by atoms with Crippen molar-refractivity contribution in [3.05, 3.63) is 59.2 Å². The molecule has 0 bridgehead atoms. The number of carbonyl (C=O) groups is 2. The van der Waals surface area contributed by atoms with Gasteiger partial charge in [-0.25, -0.2) is 0 Å². The van der Waals surface area contributed by atoms with E-state index >= 15 is 0 Å². The van der Waals surface area contributed by atoms with Gasteiger partial charge in [0.05, 0.1) is 17.0 Å². The molecule has 2 fully saturated rings. The summed E-state index contributed by atoms with van der Waals surface area (Å²) in [5, 5.41) is 12.4. The highest BCUT2D eigenvalue weighted by Crippen LogP contribution is 2.48. The lowest BCUT2D eigenvalue weighted by Gasteiger charge is -2.29. The SMILES string of the molecule is O=C(O)C1CCN(C(=O)/C=C/c2ccc(Sc3cccc(NC4CCOCC4)c3)c(C(F)(F)F)c2C(F)(F)F)CC1. The molecule has 0 atom stereocenters. The molecule has 2 aromatic rings. The Hall–Kier alpha value is -3.19. The number of amides is 1. The first-order valence-electron chi connectivity index (χ1n) is 13.0. The minimum Gasteiger partial charge on any atom is -0.481 e. The molecule has 13 heteroatoms. The normalized spacial score (nSPS) is 17.7. The number of carboxylic acids is 1. The Morgan fingerprint density at radius 2 is 1.61 bits per heavy atom. The molecule has 4 rings (SSSR count). The largest absolute Gasteiger partial charge is 0.481 e. The summed E-state index contributed by atoms with van der Waals surface area (Å²) < 4.78 is 90.5. The first-order chi connectivity index (χ1) is 19.3. The van der Waals surface area contributed by atoms with Gasteiger partial charge in [0.25, 0.3) is 0 Å². The Kier molecular flexibility index (Phi) is 9.58. The van der Waals surface area contributed by atoms with Gasteiger partial charge in [-0.05, 0) is 61.6 Å². The number of nitrogens with one attached hydrogen (secondary N) is 1. The maximum Gasteiger partial charge on any atom is 0.418 e. The van der Waals surface area contributed by atoms with Crippen LogP contribution in [0.1, 0.15) is 42.4 Å². The zero-order valence-corrected chi connectivity index (χ0v) is 22.5. The molecule has 0 unspecified atom stereocenters. The summed E-state index contributed by atoms with van der Waals surface area (Å²) in [4.78, 5) is 24.6. The third-order valence-electron chi connectivity index (χ3n) is 6.98. The number of nitrogens with zero attached hydrogens (tertiary/aromatic N) is 1. The van der Waals surface area contributed by atoms with E-state index in [0.717, 1.165) is 37.1 Å². The van der Waals surface area contributed by atoms with E-state index < -0.39 is 51.7 Å². The van der Waals surface area contributed by atoms with Gasteiger partial charge in [0.2, 0.25) is 5.91 Å². The molecule has 2 saturated heterocycles. The number of anilines is 1. The molecule has 2 aliphatic heterocycles. The smallest absolute Gasteiger partial charge is 0.418 e. The summed E-state index contributed by atoms with van der Waals surface area (Å²) >= 11 is 0.574. The molecule has 0 aliphatic carbocycles. The van der Waals surface area contributed by atoms with E-state index in [2.05, 4.69) is 5.32 Å². The van der Waals surface area contributed by atoms with Gasteiger partial charge in [0.15, 0.2) is 0 Å². The first-order valence-corrected chi connectivity index (χ1v) is 13.8. The number of carboxylic acid groups (broad SMARTS) is 1. The van der Waals surface area contributed by atoms with Crippen molar-refractivity contribution >= 4 is 35.4 Å². The minimum atomic E-state index is -5.36. The number of piperidine rings is 1. The van der Waals surface area contributed by atoms with Crippen molar-refractivity contribution in [3.63, 3.8) is 0 Å². The van der Waals surface area contributed by atoms with Crippen molar-refractivity contribution < 1.29 is 45.8 Å². The fourth-order valence-electron chi connectivity index (χ4n) is 4.88. The van der Waals surface area contributed by atoms with Gasteiger partial charge in [-0.3, -0.25) is 9.59 Å². The lowest BCUT2D eigenvalue weighted by molar-refractivity contribution is -0.163. The van der Waals surface area contributed by atoms with E-state index in [1.165, 1.54) is 11.0 Å². The highest BCUT2D eigenvalue weighted by atomic mass is 32.2. The lowest BCUT2D eigenvalue weighted by atomic mass is 9.97. The van der Waals surface area contributed by atoms with E-state index in [1.54, 1.807) is 18.2 Å². The van der Waals surface area contributed by atoms with Gasteiger partial charge in [0, 0.05) is 53.9 Å². The van der Waals surface area contributed by atoms with Crippen LogP contribution in [-0.4, -0.2) is 54.2 Å². The van der Waals surface area contributed by atoms with Crippen LogP contribution in [0.5, 0.6) is 0 Å². The van der Waals surface area contributed by atoms with Crippen molar-refractivity contribution in [1.82, 2.24) is 4.90 Å². The van der Waals surface area contributed by atoms with E-state index in [1.807, 2.05) is 0 Å². The minimum absolute atomic E-state index is 0.0814. The zero-order valence-electron chi connectivity index (χ0n) is 21.7. The molecule has 2 heterocycles. The summed E-state index contributed by atoms with van der Waals surface area (Å²) in [6.07, 6.45) is -7.31. The summed E-state index contributed by atoms with van der Waals surface area (Å²) in [6.45, 7) is 1.32. The van der Waals surface area contributed by atoms with Crippen LogP contribution < -0.4 is 5.32 Å². The number of halogens is 6. The molecular formula is C28H28F6N2O4S. The molecule has 1 amide bonds. The number of carbonyl (C=O) groups excluding carboxylic acids is 1. The quantitative estimate of drug-likeness (QED) is 0.268. The number of hydrogen-bond donors (Lipinski definition) is 2. The highest BCUT2D eigenvalue weighted by molar-refractivity contribution is 7.99. The topological polar surface area (TPSA) is 78.9 Å². The van der Waals surface area contributed by atoms with Gasteiger partial charge in [0.1, 0.15) is 0 Å². The molecule has 222 valence electrons. The number of rotatable bonds is 7. The molecule has 6 nitrogen and oxygen atoms in total. The van der Waals surface area contributed by atoms with E-state index in [9.17, 15) is 35.9 Å². The molecule has 0 aromatic heterocycles. The number of hydrogen-bond acceptors (Lipinski definition) is 5. The van der Waals surface area contributed by atoms with Crippen LogP contribution in [0.4, 0.5) is 32.0 Å². The number of benzene rings is 2. The van der Waals surface area contributed by atoms with Gasteiger partial charge in [-0.15, -0.1) is 0 Å². The summed E-state index contributed by atoms with van der Waals surface area (Å²) in [5.41, 5.74) is -3.86. The summed E-state index contributed by atoms with van der Waals surface area (Å²) in [5.74, 6) is -2.33. The third kappa shape index (κ3) is 7.97. The molecule has 2 aliphatic rings. The number of alkyl halides is 6. The lowest BCUT2D eigenvalue weighted by Crippen LogP contribution is -2.39. The second-order valence-electron chi connectivity index (χ2n) is 9.83. The number of ether oxygens (including phenoxy) is 1. The molecule has 41 heavy (non-hydrogen) atoms. The maximum absolute atomic E-state index is 14.2. The van der Waals surface area contributed by atoms with Gasteiger partial charge in [-0.2, -0.15) is 26.3 Å². The molecule has 2 N–H and O–H groups in total. The van der Waals surface area contributed by atoms with Gasteiger partial charge < -0.3 is 20.1 Å². The number of aliphatic carboxylic acids is 1. The average molecular weight is 603 g/mol. The van der Waals surface area contributed by atoms with Crippen molar-refractivity contribution in [2.45, 2.75) is 53.9 Å². The van der Waals surface area contributed by atoms with Crippen molar-refractivity contribution in [3.8, 4) is 0 Å². The van der Waals surface area contributed by atoms with Crippen LogP contribution in [0.15, 0.2) is 52.3 Å². The molecule has 2 aromatic carbocycles. The molecule has 0 radical (unpaired) electrons. The monoisotopic (exact) mass is 602 g/mol. The van der Waals surface area contributed by atoms with Crippen LogP contribution in [0, 0.1) is 5.92 Å². The van der Waals surface area contributed by atoms with Crippen LogP contribution in [0.3, 0.4) is 0 Å². The maximum atomic E-state index is 14.2. The Bertz CT molecular complexity index is 1280. The highest BCUT2D eigenvalue weighted by Gasteiger charge is 2.46. The van der Waals surface area contributed by atoms with E-state index in [-0.39, 0.29) is 32.0 Å². The average Bonchev–Trinajstić information content (AvgIpc) is 2.91. The van der Waals surface area contributed by atoms with Crippen LogP contribution in [-0.2, 0) is 26.7 Å². The van der Waals surface area contributed by atoms with Crippen molar-refractivity contribution in [2.24, 2.45) is 5.92 Å². The van der Waals surface area contributed by atoms with Crippen LogP contribution in [0.25, 0.3) is 6.08 Å². The predicted octanol–water partition coefficient (Wildman–Crippen LogP) is 6.80. The summed E-state index contributed by atoms with van der Waals surface area (Å²) in [6, 6.07) is 8.48. The van der Waals surface area contributed by atoms with Crippen molar-refractivity contribution in [2.75, 3.05) is 31.6 Å². The fraction of sp³-hybridized carbons (Fsp3) is 0.429. The second kappa shape index (κ2) is 12.8. The predicted molar refractivity (Wildman–Crippen MR) is 140 cm³/mol. The first kappa shape index (κ1) is 30.8. The second-order valence-corrected chi connectivity index (χ2v) is 10.9. The zero-order chi connectivity index (χ0) is 29.8. The molecular weight excluding hydrogens is 574 g/mol. The summed E-state index contributed by atoms with van der Waals surface area (Å²) in [7, 11) is 0. The van der Waals surface area contributed by atoms with Crippen LogP contribution in [0.2, 0.25) is 0 Å². The number of likely N-dealkylation sites (tertiary alicyclic amines) is 1. The molecule has 0 spiro atoms. The Morgan fingerprint density at radius 1 is 0.951 bits per heavy atom. The third-order valence-corrected chi connectivity index (χ3v) is 8.03. The van der Waals surface area contributed by atoms with E-state index in [4.69, 9.17) is 9.84 Å². The molecule has 0 saturated carbocycles. The van der Waals surface area contributed by atoms with Crippen LogP contribution >= 0.6 is 11.8 Å². The fourth-order valence-corrected chi connectivity index (χ4v) is 5.92. The Balaban J connectivity index is 1.61.